The molecule has 4 aromatic rings. The van der Waals surface area contributed by atoms with E-state index >= 15 is 0 Å². The SMILES string of the molecule is Oc1cccc(-c2ccc([C@@H]3[C@@H](CCC(O)c4ccc(F)cc4)C(=S)N3c3ccccc3)c(O)c2)c1. The second-order valence-corrected chi connectivity index (χ2v) is 9.48. The molecule has 1 aliphatic rings. The maximum Gasteiger partial charge on any atom is 0.123 e. The van der Waals surface area contributed by atoms with Crippen molar-refractivity contribution >= 4 is 22.9 Å². The topological polar surface area (TPSA) is 63.9 Å². The summed E-state index contributed by atoms with van der Waals surface area (Å²) in [6, 6.07) is 27.9. The summed E-state index contributed by atoms with van der Waals surface area (Å²) >= 11 is 5.82. The highest BCUT2D eigenvalue weighted by molar-refractivity contribution is 7.80. The predicted octanol–water partition coefficient (Wildman–Crippen LogP) is 6.92. The molecule has 1 saturated heterocycles. The minimum atomic E-state index is -0.735. The molecule has 0 aliphatic carbocycles. The summed E-state index contributed by atoms with van der Waals surface area (Å²) in [4.78, 5) is 2.81. The first-order valence-corrected chi connectivity index (χ1v) is 12.3. The summed E-state index contributed by atoms with van der Waals surface area (Å²) in [5.41, 5.74) is 3.96. The molecule has 5 rings (SSSR count). The van der Waals surface area contributed by atoms with Gasteiger partial charge in [0.1, 0.15) is 17.3 Å². The number of para-hydroxylation sites is 1. The van der Waals surface area contributed by atoms with Gasteiger partial charge in [0.2, 0.25) is 0 Å². The van der Waals surface area contributed by atoms with Crippen LogP contribution in [0.15, 0.2) is 97.1 Å². The van der Waals surface area contributed by atoms with Crippen LogP contribution < -0.4 is 4.90 Å². The van der Waals surface area contributed by atoms with Crippen molar-refractivity contribution in [1.29, 1.82) is 0 Å². The van der Waals surface area contributed by atoms with E-state index in [2.05, 4.69) is 0 Å². The zero-order chi connectivity index (χ0) is 25.2. The van der Waals surface area contributed by atoms with Gasteiger partial charge in [-0.25, -0.2) is 4.39 Å². The predicted molar refractivity (Wildman–Crippen MR) is 144 cm³/mol. The molecule has 4 nitrogen and oxygen atoms in total. The van der Waals surface area contributed by atoms with Crippen LogP contribution >= 0.6 is 12.2 Å². The van der Waals surface area contributed by atoms with E-state index in [1.54, 1.807) is 36.4 Å². The molecule has 0 aromatic heterocycles. The average Bonchev–Trinajstić information content (AvgIpc) is 2.88. The lowest BCUT2D eigenvalue weighted by molar-refractivity contribution is 0.157. The monoisotopic (exact) mass is 499 g/mol. The van der Waals surface area contributed by atoms with E-state index in [-0.39, 0.29) is 29.3 Å². The van der Waals surface area contributed by atoms with Crippen LogP contribution in [-0.4, -0.2) is 20.3 Å². The standard InChI is InChI=1S/C30H26FNO3S/c31-22-12-9-19(10-13-22)27(34)16-15-26-29(32(30(26)36)23-6-2-1-3-7-23)25-14-11-21(18-28(25)35)20-5-4-8-24(33)17-20/h1-14,17-18,26-27,29,33-35H,15-16H2/t26-,27?,29-/m1/s1. The average molecular weight is 500 g/mol. The largest absolute Gasteiger partial charge is 0.508 e. The van der Waals surface area contributed by atoms with Gasteiger partial charge >= 0.3 is 0 Å². The fraction of sp³-hybridized carbons (Fsp3) is 0.167. The Labute approximate surface area is 214 Å². The third kappa shape index (κ3) is 4.70. The summed E-state index contributed by atoms with van der Waals surface area (Å²) in [6.07, 6.45) is 0.332. The van der Waals surface area contributed by atoms with Crippen molar-refractivity contribution in [2.45, 2.75) is 25.0 Å². The van der Waals surface area contributed by atoms with Gasteiger partial charge < -0.3 is 20.2 Å². The summed E-state index contributed by atoms with van der Waals surface area (Å²) in [5.74, 6) is -0.0917. The minimum absolute atomic E-state index is 0.0622. The smallest absolute Gasteiger partial charge is 0.123 e. The number of phenolic OH excluding ortho intramolecular Hbond substituents is 2. The highest BCUT2D eigenvalue weighted by Gasteiger charge is 2.46. The zero-order valence-corrected chi connectivity index (χ0v) is 20.3. The first kappa shape index (κ1) is 24.0. The van der Waals surface area contributed by atoms with Crippen LogP contribution in [0.4, 0.5) is 10.1 Å². The summed E-state index contributed by atoms with van der Waals surface area (Å²) in [6.45, 7) is 0. The normalized spacial score (nSPS) is 18.1. The Morgan fingerprint density at radius 2 is 1.56 bits per heavy atom. The molecular weight excluding hydrogens is 473 g/mol. The molecule has 3 atom stereocenters. The second-order valence-electron chi connectivity index (χ2n) is 9.06. The molecular formula is C30H26FNO3S. The molecule has 36 heavy (non-hydrogen) atoms. The van der Waals surface area contributed by atoms with Gasteiger partial charge in [0.25, 0.3) is 0 Å². The number of hydrogen-bond donors (Lipinski definition) is 3. The lowest BCUT2D eigenvalue weighted by Crippen LogP contribution is -2.54. The van der Waals surface area contributed by atoms with Gasteiger partial charge in [-0.05, 0) is 72.0 Å². The molecule has 1 heterocycles. The molecule has 1 fully saturated rings. The molecule has 6 heteroatoms. The third-order valence-corrected chi connectivity index (χ3v) is 7.28. The molecule has 4 aromatic carbocycles. The second kappa shape index (κ2) is 10.1. The van der Waals surface area contributed by atoms with E-state index in [1.807, 2.05) is 53.4 Å². The van der Waals surface area contributed by atoms with Crippen molar-refractivity contribution in [2.24, 2.45) is 5.92 Å². The van der Waals surface area contributed by atoms with E-state index in [0.717, 1.165) is 27.4 Å². The number of aromatic hydroxyl groups is 2. The van der Waals surface area contributed by atoms with Crippen LogP contribution in [-0.2, 0) is 0 Å². The van der Waals surface area contributed by atoms with Crippen LogP contribution in [0.3, 0.4) is 0 Å². The quantitative estimate of drug-likeness (QED) is 0.241. The van der Waals surface area contributed by atoms with Crippen molar-refractivity contribution in [3.63, 3.8) is 0 Å². The first-order valence-electron chi connectivity index (χ1n) is 11.9. The van der Waals surface area contributed by atoms with Gasteiger partial charge in [0.05, 0.1) is 17.1 Å². The fourth-order valence-corrected chi connectivity index (χ4v) is 5.38. The minimum Gasteiger partial charge on any atom is -0.508 e. The van der Waals surface area contributed by atoms with Crippen LogP contribution in [0.2, 0.25) is 0 Å². The van der Waals surface area contributed by atoms with Crippen molar-refractivity contribution in [3.8, 4) is 22.6 Å². The zero-order valence-electron chi connectivity index (χ0n) is 19.5. The van der Waals surface area contributed by atoms with E-state index in [9.17, 15) is 19.7 Å². The fourth-order valence-electron chi connectivity index (χ4n) is 4.91. The van der Waals surface area contributed by atoms with Gasteiger partial charge in [-0.3, -0.25) is 0 Å². The molecule has 0 saturated carbocycles. The maximum atomic E-state index is 13.3. The molecule has 0 bridgehead atoms. The molecule has 1 aliphatic heterocycles. The Bertz CT molecular complexity index is 1380. The van der Waals surface area contributed by atoms with Crippen LogP contribution in [0.1, 0.15) is 36.1 Å². The van der Waals surface area contributed by atoms with Crippen molar-refractivity contribution in [1.82, 2.24) is 0 Å². The number of rotatable bonds is 7. The Kier molecular flexibility index (Phi) is 6.72. The molecule has 1 unspecified atom stereocenters. The number of benzene rings is 4. The van der Waals surface area contributed by atoms with Crippen molar-refractivity contribution in [3.05, 3.63) is 114 Å². The van der Waals surface area contributed by atoms with Crippen LogP contribution in [0, 0.1) is 11.7 Å². The van der Waals surface area contributed by atoms with Crippen LogP contribution in [0.25, 0.3) is 11.1 Å². The highest BCUT2D eigenvalue weighted by atomic mass is 32.1. The maximum absolute atomic E-state index is 13.3. The molecule has 0 amide bonds. The number of hydrogen-bond acceptors (Lipinski definition) is 4. The van der Waals surface area contributed by atoms with E-state index in [0.29, 0.717) is 18.4 Å². The van der Waals surface area contributed by atoms with Crippen molar-refractivity contribution < 1.29 is 19.7 Å². The summed E-state index contributed by atoms with van der Waals surface area (Å²) < 4.78 is 13.3. The number of thiocarbonyl (C=S) groups is 1. The van der Waals surface area contributed by atoms with Gasteiger partial charge in [0, 0.05) is 17.2 Å². The Morgan fingerprint density at radius 1 is 0.833 bits per heavy atom. The lowest BCUT2D eigenvalue weighted by atomic mass is 9.78. The van der Waals surface area contributed by atoms with E-state index < -0.39 is 6.10 Å². The molecule has 0 spiro atoms. The summed E-state index contributed by atoms with van der Waals surface area (Å²) in [7, 11) is 0. The Morgan fingerprint density at radius 3 is 2.25 bits per heavy atom. The molecule has 0 radical (unpaired) electrons. The Balaban J connectivity index is 1.43. The number of nitrogens with zero attached hydrogens (tertiary/aromatic N) is 1. The molecule has 182 valence electrons. The molecule has 3 N–H and O–H groups in total. The van der Waals surface area contributed by atoms with E-state index in [4.69, 9.17) is 12.2 Å². The Hall–Kier alpha value is -3.74. The van der Waals surface area contributed by atoms with Gasteiger partial charge in [-0.2, -0.15) is 0 Å². The highest BCUT2D eigenvalue weighted by Crippen LogP contribution is 2.49. The number of aliphatic hydroxyl groups is 1. The number of anilines is 1. The number of halogens is 1. The summed E-state index contributed by atoms with van der Waals surface area (Å²) in [5, 5.41) is 31.6. The lowest BCUT2D eigenvalue weighted by Gasteiger charge is -2.50. The first-order chi connectivity index (χ1) is 17.4. The third-order valence-electron chi connectivity index (χ3n) is 6.78. The van der Waals surface area contributed by atoms with Crippen LogP contribution in [0.5, 0.6) is 11.5 Å². The number of phenols is 2. The van der Waals surface area contributed by atoms with E-state index in [1.165, 1.54) is 12.1 Å². The van der Waals surface area contributed by atoms with Gasteiger partial charge in [0.15, 0.2) is 0 Å². The van der Waals surface area contributed by atoms with Gasteiger partial charge in [-0.15, -0.1) is 0 Å². The number of aliphatic hydroxyl groups excluding tert-OH is 1. The van der Waals surface area contributed by atoms with Crippen molar-refractivity contribution in [2.75, 3.05) is 4.90 Å². The van der Waals surface area contributed by atoms with Gasteiger partial charge in [-0.1, -0.05) is 66.8 Å².